The second-order valence-corrected chi connectivity index (χ2v) is 5.70. The Hall–Kier alpha value is -3.04. The standard InChI is InChI=1S/C16H15F3N2O5/c1-8(2)26-14(24)10-6-9(4-5-11(10)22)21-13(23)7-12(16(17,18)19)20(3)15(21)25/h4-8,22H,1-3H3. The van der Waals surface area contributed by atoms with Gasteiger partial charge in [0, 0.05) is 13.1 Å². The van der Waals surface area contributed by atoms with Crippen molar-refractivity contribution in [1.82, 2.24) is 9.13 Å². The number of halogens is 3. The maximum atomic E-state index is 12.9. The maximum absolute atomic E-state index is 12.9. The van der Waals surface area contributed by atoms with Gasteiger partial charge in [-0.05, 0) is 32.0 Å². The average molecular weight is 372 g/mol. The molecular weight excluding hydrogens is 357 g/mol. The van der Waals surface area contributed by atoms with Gasteiger partial charge in [0.15, 0.2) is 0 Å². The first kappa shape index (κ1) is 19.3. The lowest BCUT2D eigenvalue weighted by molar-refractivity contribution is -0.144. The van der Waals surface area contributed by atoms with E-state index < -0.39 is 40.9 Å². The Labute approximate surface area is 144 Å². The van der Waals surface area contributed by atoms with Crippen molar-refractivity contribution >= 4 is 5.97 Å². The molecule has 2 aromatic rings. The lowest BCUT2D eigenvalue weighted by Crippen LogP contribution is -2.40. The molecule has 140 valence electrons. The monoisotopic (exact) mass is 372 g/mol. The third-order valence-electron chi connectivity index (χ3n) is 3.41. The Morgan fingerprint density at radius 1 is 1.19 bits per heavy atom. The first-order valence-corrected chi connectivity index (χ1v) is 7.38. The van der Waals surface area contributed by atoms with E-state index in [2.05, 4.69) is 0 Å². The molecule has 7 nitrogen and oxygen atoms in total. The maximum Gasteiger partial charge on any atom is 0.431 e. The largest absolute Gasteiger partial charge is 0.507 e. The number of nitrogens with zero attached hydrogens (tertiary/aromatic N) is 2. The molecule has 26 heavy (non-hydrogen) atoms. The fourth-order valence-electron chi connectivity index (χ4n) is 2.24. The number of hydrogen-bond acceptors (Lipinski definition) is 5. The smallest absolute Gasteiger partial charge is 0.431 e. The van der Waals surface area contributed by atoms with Crippen LogP contribution in [0.15, 0.2) is 33.9 Å². The van der Waals surface area contributed by atoms with E-state index in [0.717, 1.165) is 25.2 Å². The van der Waals surface area contributed by atoms with E-state index in [0.29, 0.717) is 4.57 Å². The number of alkyl halides is 3. The van der Waals surface area contributed by atoms with E-state index in [9.17, 15) is 32.7 Å². The summed E-state index contributed by atoms with van der Waals surface area (Å²) in [5, 5.41) is 9.79. The summed E-state index contributed by atoms with van der Waals surface area (Å²) >= 11 is 0. The molecule has 0 saturated heterocycles. The molecule has 0 bridgehead atoms. The molecule has 0 fully saturated rings. The molecule has 2 rings (SSSR count). The van der Waals surface area contributed by atoms with Crippen molar-refractivity contribution in [2.75, 3.05) is 0 Å². The second kappa shape index (κ2) is 6.70. The van der Waals surface area contributed by atoms with Crippen LogP contribution in [0.4, 0.5) is 13.2 Å². The summed E-state index contributed by atoms with van der Waals surface area (Å²) in [6.45, 7) is 3.16. The number of hydrogen-bond donors (Lipinski definition) is 1. The van der Waals surface area contributed by atoms with Crippen LogP contribution < -0.4 is 11.2 Å². The Kier molecular flexibility index (Phi) is 4.97. The van der Waals surface area contributed by atoms with Gasteiger partial charge >= 0.3 is 17.8 Å². The van der Waals surface area contributed by atoms with Crippen LogP contribution in [0.2, 0.25) is 0 Å². The van der Waals surface area contributed by atoms with Gasteiger partial charge in [0.1, 0.15) is 17.0 Å². The number of ether oxygens (including phenoxy) is 1. The van der Waals surface area contributed by atoms with E-state index in [4.69, 9.17) is 4.74 Å². The number of phenolic OH excluding ortho intramolecular Hbond substituents is 1. The van der Waals surface area contributed by atoms with Crippen LogP contribution in [-0.2, 0) is 18.0 Å². The number of esters is 1. The second-order valence-electron chi connectivity index (χ2n) is 5.70. The number of carbonyl (C=O) groups excluding carboxylic acids is 1. The Morgan fingerprint density at radius 2 is 1.81 bits per heavy atom. The normalized spacial score (nSPS) is 11.7. The molecule has 0 atom stereocenters. The van der Waals surface area contributed by atoms with Gasteiger partial charge in [-0.1, -0.05) is 0 Å². The molecule has 0 amide bonds. The minimum atomic E-state index is -4.88. The Morgan fingerprint density at radius 3 is 2.35 bits per heavy atom. The molecule has 0 spiro atoms. The van der Waals surface area contributed by atoms with E-state index in [1.807, 2.05) is 0 Å². The summed E-state index contributed by atoms with van der Waals surface area (Å²) in [4.78, 5) is 36.3. The lowest BCUT2D eigenvalue weighted by atomic mass is 10.1. The number of phenols is 1. The highest BCUT2D eigenvalue weighted by Gasteiger charge is 2.35. The molecule has 1 N–H and O–H groups in total. The van der Waals surface area contributed by atoms with Crippen LogP contribution in [-0.4, -0.2) is 26.3 Å². The van der Waals surface area contributed by atoms with Crippen molar-refractivity contribution in [2.24, 2.45) is 7.05 Å². The van der Waals surface area contributed by atoms with Crippen molar-refractivity contribution < 1.29 is 27.8 Å². The molecule has 1 aromatic heterocycles. The number of aromatic nitrogens is 2. The third kappa shape index (κ3) is 3.63. The minimum Gasteiger partial charge on any atom is -0.507 e. The highest BCUT2D eigenvalue weighted by molar-refractivity contribution is 5.93. The van der Waals surface area contributed by atoms with Gasteiger partial charge in [-0.3, -0.25) is 9.36 Å². The van der Waals surface area contributed by atoms with Crippen molar-refractivity contribution in [2.45, 2.75) is 26.1 Å². The van der Waals surface area contributed by atoms with Crippen LogP contribution >= 0.6 is 0 Å². The van der Waals surface area contributed by atoms with E-state index in [1.165, 1.54) is 0 Å². The van der Waals surface area contributed by atoms with Gasteiger partial charge < -0.3 is 9.84 Å². The molecule has 10 heteroatoms. The van der Waals surface area contributed by atoms with Crippen LogP contribution in [0.5, 0.6) is 5.75 Å². The summed E-state index contributed by atoms with van der Waals surface area (Å²) in [5.74, 6) is -1.37. The van der Waals surface area contributed by atoms with E-state index >= 15 is 0 Å². The zero-order chi connectivity index (χ0) is 19.8. The highest BCUT2D eigenvalue weighted by atomic mass is 19.4. The van der Waals surface area contributed by atoms with Gasteiger partial charge in [-0.2, -0.15) is 13.2 Å². The molecule has 0 radical (unpaired) electrons. The molecule has 0 aliphatic carbocycles. The Bertz CT molecular complexity index is 973. The Balaban J connectivity index is 2.67. The lowest BCUT2D eigenvalue weighted by Gasteiger charge is -2.15. The quantitative estimate of drug-likeness (QED) is 0.830. The summed E-state index contributed by atoms with van der Waals surface area (Å²) < 4.78 is 44.3. The van der Waals surface area contributed by atoms with Gasteiger partial charge in [0.25, 0.3) is 5.56 Å². The zero-order valence-corrected chi connectivity index (χ0v) is 14.0. The number of aromatic hydroxyl groups is 1. The molecule has 1 heterocycles. The van der Waals surface area contributed by atoms with Crippen molar-refractivity contribution in [3.8, 4) is 11.4 Å². The molecule has 0 aliphatic heterocycles. The summed E-state index contributed by atoms with van der Waals surface area (Å²) in [5.41, 5.74) is -4.39. The van der Waals surface area contributed by atoms with Gasteiger partial charge in [-0.25, -0.2) is 14.2 Å². The highest BCUT2D eigenvalue weighted by Crippen LogP contribution is 2.27. The van der Waals surface area contributed by atoms with Crippen LogP contribution in [0.3, 0.4) is 0 Å². The fourth-order valence-corrected chi connectivity index (χ4v) is 2.24. The van der Waals surface area contributed by atoms with Crippen molar-refractivity contribution in [3.63, 3.8) is 0 Å². The molecule has 1 aromatic carbocycles. The number of rotatable bonds is 3. The predicted octanol–water partition coefficient (Wildman–Crippen LogP) is 1.83. The van der Waals surface area contributed by atoms with Gasteiger partial charge in [0.05, 0.1) is 11.8 Å². The fraction of sp³-hybridized carbons (Fsp3) is 0.312. The molecule has 0 aliphatic rings. The topological polar surface area (TPSA) is 90.5 Å². The van der Waals surface area contributed by atoms with E-state index in [1.54, 1.807) is 13.8 Å². The summed E-state index contributed by atoms with van der Waals surface area (Å²) in [6, 6.07) is 3.43. The van der Waals surface area contributed by atoms with Gasteiger partial charge in [0.2, 0.25) is 0 Å². The molecule has 0 unspecified atom stereocenters. The van der Waals surface area contributed by atoms with Crippen molar-refractivity contribution in [1.29, 1.82) is 0 Å². The molecule has 0 saturated carbocycles. The van der Waals surface area contributed by atoms with Crippen LogP contribution in [0.1, 0.15) is 29.9 Å². The molecular formula is C16H15F3N2O5. The SMILES string of the molecule is CC(C)OC(=O)c1cc(-n2c(=O)cc(C(F)(F)F)n(C)c2=O)ccc1O. The van der Waals surface area contributed by atoms with Crippen molar-refractivity contribution in [3.05, 3.63) is 56.4 Å². The third-order valence-corrected chi connectivity index (χ3v) is 3.41. The average Bonchev–Trinajstić information content (AvgIpc) is 2.50. The predicted molar refractivity (Wildman–Crippen MR) is 84.5 cm³/mol. The first-order valence-electron chi connectivity index (χ1n) is 7.38. The summed E-state index contributed by atoms with van der Waals surface area (Å²) in [6.07, 6.45) is -5.37. The zero-order valence-electron chi connectivity index (χ0n) is 14.0. The first-order chi connectivity index (χ1) is 11.9. The number of carbonyl (C=O) groups is 1. The summed E-state index contributed by atoms with van der Waals surface area (Å²) in [7, 11) is 0.870. The van der Waals surface area contributed by atoms with Crippen LogP contribution in [0, 0.1) is 0 Å². The minimum absolute atomic E-state index is 0.183. The van der Waals surface area contributed by atoms with Crippen LogP contribution in [0.25, 0.3) is 5.69 Å². The van der Waals surface area contributed by atoms with Gasteiger partial charge in [-0.15, -0.1) is 0 Å². The van der Waals surface area contributed by atoms with E-state index in [-0.39, 0.29) is 21.9 Å². The number of benzene rings is 1.